The summed E-state index contributed by atoms with van der Waals surface area (Å²) in [5.41, 5.74) is 12.9. The highest BCUT2D eigenvalue weighted by Gasteiger charge is 2.24. The Bertz CT molecular complexity index is 1170. The van der Waals surface area contributed by atoms with E-state index < -0.39 is 0 Å². The van der Waals surface area contributed by atoms with Gasteiger partial charge in [-0.1, -0.05) is 6.92 Å². The Morgan fingerprint density at radius 3 is 1.61 bits per heavy atom. The Morgan fingerprint density at radius 1 is 0.750 bits per heavy atom. The largest absolute Gasteiger partial charge is 0.457 e. The SMILES string of the molecule is C[C@H]1CC[C@H](C(=O)Nc2cc(Oc3ccc(C(=N)N)cc3)cc(Oc3ccc(C(=N)N)cc3)c2)CC1. The minimum absolute atomic E-state index is 0.00150. The molecule has 3 aromatic carbocycles. The minimum Gasteiger partial charge on any atom is -0.457 e. The van der Waals surface area contributed by atoms with Gasteiger partial charge in [-0.25, -0.2) is 0 Å². The molecule has 0 aliphatic heterocycles. The van der Waals surface area contributed by atoms with Gasteiger partial charge < -0.3 is 26.3 Å². The maximum absolute atomic E-state index is 13.0. The van der Waals surface area contributed by atoms with Crippen LogP contribution in [0.4, 0.5) is 5.69 Å². The zero-order chi connectivity index (χ0) is 25.7. The lowest BCUT2D eigenvalue weighted by Crippen LogP contribution is -2.26. The molecule has 0 spiro atoms. The molecule has 8 nitrogen and oxygen atoms in total. The van der Waals surface area contributed by atoms with Gasteiger partial charge in [-0.15, -0.1) is 0 Å². The Hall–Kier alpha value is -4.33. The van der Waals surface area contributed by atoms with Crippen LogP contribution >= 0.6 is 0 Å². The Labute approximate surface area is 210 Å². The van der Waals surface area contributed by atoms with Crippen molar-refractivity contribution in [3.8, 4) is 23.0 Å². The molecule has 3 aromatic rings. The van der Waals surface area contributed by atoms with E-state index in [1.54, 1.807) is 66.7 Å². The number of hydrogen-bond acceptors (Lipinski definition) is 5. The molecule has 7 N–H and O–H groups in total. The molecule has 0 radical (unpaired) electrons. The number of rotatable bonds is 8. The summed E-state index contributed by atoms with van der Waals surface area (Å²) in [4.78, 5) is 13.0. The number of amides is 1. The van der Waals surface area contributed by atoms with Crippen LogP contribution in [0.5, 0.6) is 23.0 Å². The molecule has 1 aliphatic rings. The molecule has 186 valence electrons. The van der Waals surface area contributed by atoms with Gasteiger partial charge in [0.1, 0.15) is 34.7 Å². The van der Waals surface area contributed by atoms with Crippen molar-refractivity contribution in [2.45, 2.75) is 32.6 Å². The molecular formula is C28H31N5O3. The predicted molar refractivity (Wildman–Crippen MR) is 141 cm³/mol. The molecule has 1 amide bonds. The van der Waals surface area contributed by atoms with Gasteiger partial charge >= 0.3 is 0 Å². The Morgan fingerprint density at radius 2 is 1.19 bits per heavy atom. The number of anilines is 1. The minimum atomic E-state index is -0.0187. The molecule has 0 unspecified atom stereocenters. The summed E-state index contributed by atoms with van der Waals surface area (Å²) in [6.07, 6.45) is 3.89. The topological polar surface area (TPSA) is 147 Å². The summed E-state index contributed by atoms with van der Waals surface area (Å²) in [5, 5.41) is 18.1. The van der Waals surface area contributed by atoms with Crippen LogP contribution in [0.25, 0.3) is 0 Å². The van der Waals surface area contributed by atoms with Crippen molar-refractivity contribution in [2.75, 3.05) is 5.32 Å². The van der Waals surface area contributed by atoms with Crippen LogP contribution in [0.3, 0.4) is 0 Å². The summed E-state index contributed by atoms with van der Waals surface area (Å²) in [5.74, 6) is 2.70. The molecule has 36 heavy (non-hydrogen) atoms. The van der Waals surface area contributed by atoms with Crippen molar-refractivity contribution in [1.82, 2.24) is 0 Å². The maximum atomic E-state index is 13.0. The summed E-state index contributed by atoms with van der Waals surface area (Å²) in [7, 11) is 0. The normalized spacial score (nSPS) is 17.1. The summed E-state index contributed by atoms with van der Waals surface area (Å²) < 4.78 is 12.1. The summed E-state index contributed by atoms with van der Waals surface area (Å²) >= 11 is 0. The molecule has 1 saturated carbocycles. The highest BCUT2D eigenvalue weighted by atomic mass is 16.5. The Kier molecular flexibility index (Phi) is 7.53. The van der Waals surface area contributed by atoms with E-state index >= 15 is 0 Å². The molecule has 1 aliphatic carbocycles. The summed E-state index contributed by atoms with van der Waals surface area (Å²) in [6, 6.07) is 19.0. The predicted octanol–water partition coefficient (Wildman–Crippen LogP) is 5.60. The van der Waals surface area contributed by atoms with Gasteiger partial charge in [0.15, 0.2) is 0 Å². The van der Waals surface area contributed by atoms with Gasteiger partial charge in [0.25, 0.3) is 0 Å². The fraction of sp³-hybridized carbons (Fsp3) is 0.250. The lowest BCUT2D eigenvalue weighted by molar-refractivity contribution is -0.121. The van der Waals surface area contributed by atoms with E-state index in [-0.39, 0.29) is 23.5 Å². The van der Waals surface area contributed by atoms with Gasteiger partial charge in [0.2, 0.25) is 5.91 Å². The van der Waals surface area contributed by atoms with Gasteiger partial charge in [-0.05, 0) is 80.1 Å². The first-order valence-corrected chi connectivity index (χ1v) is 12.0. The fourth-order valence-corrected chi connectivity index (χ4v) is 4.21. The van der Waals surface area contributed by atoms with Gasteiger partial charge in [-0.3, -0.25) is 15.6 Å². The number of nitrogens with one attached hydrogen (secondary N) is 3. The molecule has 1 fully saturated rings. The quantitative estimate of drug-likeness (QED) is 0.208. The van der Waals surface area contributed by atoms with Gasteiger partial charge in [-0.2, -0.15) is 0 Å². The fourth-order valence-electron chi connectivity index (χ4n) is 4.21. The van der Waals surface area contributed by atoms with Crippen molar-refractivity contribution < 1.29 is 14.3 Å². The highest BCUT2D eigenvalue weighted by Crippen LogP contribution is 2.34. The highest BCUT2D eigenvalue weighted by molar-refractivity contribution is 5.95. The average molecular weight is 486 g/mol. The average Bonchev–Trinajstić information content (AvgIpc) is 2.85. The number of hydrogen-bond donors (Lipinski definition) is 5. The van der Waals surface area contributed by atoms with E-state index in [1.165, 1.54) is 0 Å². The van der Waals surface area contributed by atoms with E-state index in [2.05, 4.69) is 12.2 Å². The number of carbonyl (C=O) groups excluding carboxylic acids is 1. The molecular weight excluding hydrogens is 454 g/mol. The monoisotopic (exact) mass is 485 g/mol. The number of ether oxygens (including phenoxy) is 2. The van der Waals surface area contributed by atoms with Crippen LogP contribution in [0, 0.1) is 22.7 Å². The van der Waals surface area contributed by atoms with Crippen LogP contribution in [-0.2, 0) is 4.79 Å². The Balaban J connectivity index is 1.57. The molecule has 0 saturated heterocycles. The van der Waals surface area contributed by atoms with E-state index in [0.717, 1.165) is 25.7 Å². The second-order valence-electron chi connectivity index (χ2n) is 9.22. The van der Waals surface area contributed by atoms with Crippen LogP contribution in [0.15, 0.2) is 66.7 Å². The molecule has 4 rings (SSSR count). The van der Waals surface area contributed by atoms with Crippen molar-refractivity contribution in [3.63, 3.8) is 0 Å². The third-order valence-corrected chi connectivity index (χ3v) is 6.34. The van der Waals surface area contributed by atoms with Crippen molar-refractivity contribution in [1.29, 1.82) is 10.8 Å². The zero-order valence-corrected chi connectivity index (χ0v) is 20.2. The second kappa shape index (κ2) is 10.9. The molecule has 0 bridgehead atoms. The van der Waals surface area contributed by atoms with Crippen LogP contribution < -0.4 is 26.3 Å². The van der Waals surface area contributed by atoms with Crippen molar-refractivity contribution >= 4 is 23.3 Å². The number of nitrogen functional groups attached to an aromatic ring is 2. The maximum Gasteiger partial charge on any atom is 0.227 e. The first-order valence-electron chi connectivity index (χ1n) is 12.0. The third-order valence-electron chi connectivity index (χ3n) is 6.34. The molecule has 0 aromatic heterocycles. The second-order valence-corrected chi connectivity index (χ2v) is 9.22. The third kappa shape index (κ3) is 6.41. The first-order chi connectivity index (χ1) is 17.3. The van der Waals surface area contributed by atoms with E-state index in [4.69, 9.17) is 31.8 Å². The van der Waals surface area contributed by atoms with Crippen molar-refractivity contribution in [2.24, 2.45) is 23.3 Å². The van der Waals surface area contributed by atoms with Gasteiger partial charge in [0.05, 0.1) is 0 Å². The smallest absolute Gasteiger partial charge is 0.227 e. The summed E-state index contributed by atoms with van der Waals surface area (Å²) in [6.45, 7) is 2.23. The van der Waals surface area contributed by atoms with Crippen LogP contribution in [-0.4, -0.2) is 17.6 Å². The molecule has 0 atom stereocenters. The van der Waals surface area contributed by atoms with Gasteiger partial charge in [0, 0.05) is 40.9 Å². The number of nitrogens with two attached hydrogens (primary N) is 2. The lowest BCUT2D eigenvalue weighted by Gasteiger charge is -2.25. The van der Waals surface area contributed by atoms with E-state index in [9.17, 15) is 4.79 Å². The van der Waals surface area contributed by atoms with Crippen molar-refractivity contribution in [3.05, 3.63) is 77.9 Å². The standard InChI is InChI=1S/C28H31N5O3/c1-17-2-4-20(5-3-17)28(34)33-21-14-24(35-22-10-6-18(7-11-22)26(29)30)16-25(15-21)36-23-12-8-19(9-13-23)27(31)32/h6-17,20H,2-5H2,1H3,(H3,29,30)(H3,31,32)(H,33,34)/t17-,20-. The van der Waals surface area contributed by atoms with E-state index in [1.807, 2.05) is 0 Å². The first kappa shape index (κ1) is 24.8. The molecule has 8 heteroatoms. The van der Waals surface area contributed by atoms with Crippen LogP contribution in [0.2, 0.25) is 0 Å². The number of amidine groups is 2. The lowest BCUT2D eigenvalue weighted by atomic mass is 9.82. The number of benzene rings is 3. The molecule has 0 heterocycles. The van der Waals surface area contributed by atoms with Crippen LogP contribution in [0.1, 0.15) is 43.7 Å². The van der Waals surface area contributed by atoms with E-state index in [0.29, 0.717) is 45.7 Å². The number of carbonyl (C=O) groups is 1. The zero-order valence-electron chi connectivity index (χ0n) is 20.2.